The van der Waals surface area contributed by atoms with Crippen molar-refractivity contribution in [2.45, 2.75) is 58.8 Å². The van der Waals surface area contributed by atoms with Crippen LogP contribution >= 0.6 is 0 Å². The van der Waals surface area contributed by atoms with Gasteiger partial charge >= 0.3 is 0 Å². The molecule has 0 heterocycles. The first-order valence-corrected chi connectivity index (χ1v) is 7.22. The Kier molecular flexibility index (Phi) is 7.31. The molecule has 1 aromatic carbocycles. The molecule has 0 fully saturated rings. The maximum absolute atomic E-state index is 9.92. The van der Waals surface area contributed by atoms with E-state index >= 15 is 0 Å². The van der Waals surface area contributed by atoms with E-state index in [1.54, 1.807) is 6.07 Å². The van der Waals surface area contributed by atoms with Gasteiger partial charge in [-0.3, -0.25) is 0 Å². The zero-order chi connectivity index (χ0) is 13.2. The standard InChI is InChI=1S/C16H26O2/c1-3-5-7-8-9-14-10-11-15(13-16(14)17)18-12-6-4-2/h10-11,13,17H,3-9,12H2,1-2H3. The fourth-order valence-corrected chi connectivity index (χ4v) is 1.92. The highest BCUT2D eigenvalue weighted by Crippen LogP contribution is 2.25. The van der Waals surface area contributed by atoms with Crippen LogP contribution in [0.2, 0.25) is 0 Å². The highest BCUT2D eigenvalue weighted by Gasteiger charge is 2.03. The lowest BCUT2D eigenvalue weighted by molar-refractivity contribution is 0.307. The molecule has 1 rings (SSSR count). The molecule has 1 aromatic rings. The first-order chi connectivity index (χ1) is 8.77. The molecule has 0 saturated carbocycles. The van der Waals surface area contributed by atoms with E-state index in [9.17, 15) is 5.11 Å². The predicted molar refractivity (Wildman–Crippen MR) is 76.4 cm³/mol. The van der Waals surface area contributed by atoms with Gasteiger partial charge in [0.15, 0.2) is 0 Å². The van der Waals surface area contributed by atoms with Gasteiger partial charge in [0.1, 0.15) is 11.5 Å². The van der Waals surface area contributed by atoms with Crippen molar-refractivity contribution in [3.8, 4) is 11.5 Å². The summed E-state index contributed by atoms with van der Waals surface area (Å²) in [6, 6.07) is 5.69. The van der Waals surface area contributed by atoms with E-state index in [0.717, 1.165) is 43.6 Å². The minimum absolute atomic E-state index is 0.375. The molecular weight excluding hydrogens is 224 g/mol. The van der Waals surface area contributed by atoms with E-state index in [1.165, 1.54) is 19.3 Å². The van der Waals surface area contributed by atoms with Gasteiger partial charge in [-0.1, -0.05) is 45.6 Å². The summed E-state index contributed by atoms with van der Waals surface area (Å²) < 4.78 is 5.57. The van der Waals surface area contributed by atoms with E-state index < -0.39 is 0 Å². The second-order valence-electron chi connectivity index (χ2n) is 4.80. The smallest absolute Gasteiger partial charge is 0.122 e. The molecule has 0 aromatic heterocycles. The van der Waals surface area contributed by atoms with Gasteiger partial charge in [-0.25, -0.2) is 0 Å². The Morgan fingerprint density at radius 3 is 2.44 bits per heavy atom. The minimum Gasteiger partial charge on any atom is -0.508 e. The Balaban J connectivity index is 2.41. The van der Waals surface area contributed by atoms with Crippen molar-refractivity contribution in [3.63, 3.8) is 0 Å². The van der Waals surface area contributed by atoms with Crippen LogP contribution in [0.3, 0.4) is 0 Å². The summed E-state index contributed by atoms with van der Waals surface area (Å²) in [7, 11) is 0. The summed E-state index contributed by atoms with van der Waals surface area (Å²) in [5.41, 5.74) is 1.04. The quantitative estimate of drug-likeness (QED) is 0.644. The molecule has 0 amide bonds. The Morgan fingerprint density at radius 2 is 1.78 bits per heavy atom. The van der Waals surface area contributed by atoms with Gasteiger partial charge in [0.25, 0.3) is 0 Å². The topological polar surface area (TPSA) is 29.5 Å². The molecule has 0 saturated heterocycles. The molecule has 0 bridgehead atoms. The van der Waals surface area contributed by atoms with Gasteiger partial charge in [-0.15, -0.1) is 0 Å². The van der Waals surface area contributed by atoms with Gasteiger partial charge in [0.05, 0.1) is 6.61 Å². The number of phenols is 1. The summed E-state index contributed by atoms with van der Waals surface area (Å²) in [5.74, 6) is 1.15. The van der Waals surface area contributed by atoms with Crippen LogP contribution in [0.5, 0.6) is 11.5 Å². The average molecular weight is 250 g/mol. The number of aromatic hydroxyl groups is 1. The van der Waals surface area contributed by atoms with Gasteiger partial charge in [0, 0.05) is 6.07 Å². The number of aryl methyl sites for hydroxylation is 1. The maximum atomic E-state index is 9.92. The van der Waals surface area contributed by atoms with Crippen LogP contribution in [0, 0.1) is 0 Å². The highest BCUT2D eigenvalue weighted by atomic mass is 16.5. The third-order valence-corrected chi connectivity index (χ3v) is 3.12. The molecular formula is C16H26O2. The maximum Gasteiger partial charge on any atom is 0.122 e. The fraction of sp³-hybridized carbons (Fsp3) is 0.625. The van der Waals surface area contributed by atoms with Crippen LogP contribution in [0.15, 0.2) is 18.2 Å². The molecule has 2 heteroatoms. The van der Waals surface area contributed by atoms with Crippen molar-refractivity contribution in [1.82, 2.24) is 0 Å². The Labute approximate surface area is 111 Å². The number of benzene rings is 1. The highest BCUT2D eigenvalue weighted by molar-refractivity contribution is 5.39. The number of phenolic OH excluding ortho intramolecular Hbond substituents is 1. The van der Waals surface area contributed by atoms with Crippen LogP contribution in [-0.2, 0) is 6.42 Å². The van der Waals surface area contributed by atoms with Gasteiger partial charge in [-0.05, 0) is 30.9 Å². The van der Waals surface area contributed by atoms with Crippen LogP contribution < -0.4 is 4.74 Å². The summed E-state index contributed by atoms with van der Waals surface area (Å²) >= 11 is 0. The predicted octanol–water partition coefficient (Wildman–Crippen LogP) is 4.69. The average Bonchev–Trinajstić information content (AvgIpc) is 2.37. The van der Waals surface area contributed by atoms with Gasteiger partial charge in [-0.2, -0.15) is 0 Å². The largest absolute Gasteiger partial charge is 0.508 e. The second kappa shape index (κ2) is 8.84. The zero-order valence-corrected chi connectivity index (χ0v) is 11.7. The summed E-state index contributed by atoms with van der Waals surface area (Å²) in [6.45, 7) is 5.08. The lowest BCUT2D eigenvalue weighted by Crippen LogP contribution is -1.96. The lowest BCUT2D eigenvalue weighted by Gasteiger charge is -2.09. The molecule has 0 radical (unpaired) electrons. The Bertz CT molecular complexity index is 334. The molecule has 0 unspecified atom stereocenters. The number of ether oxygens (including phenoxy) is 1. The molecule has 0 atom stereocenters. The van der Waals surface area contributed by atoms with Gasteiger partial charge in [0.2, 0.25) is 0 Å². The van der Waals surface area contributed by atoms with Crippen LogP contribution in [0.1, 0.15) is 57.9 Å². The molecule has 102 valence electrons. The monoisotopic (exact) mass is 250 g/mol. The third kappa shape index (κ3) is 5.44. The van der Waals surface area contributed by atoms with E-state index in [-0.39, 0.29) is 0 Å². The van der Waals surface area contributed by atoms with Gasteiger partial charge < -0.3 is 9.84 Å². The van der Waals surface area contributed by atoms with Crippen LogP contribution in [-0.4, -0.2) is 11.7 Å². The lowest BCUT2D eigenvalue weighted by atomic mass is 10.1. The molecule has 0 spiro atoms. The van der Waals surface area contributed by atoms with Crippen molar-refractivity contribution < 1.29 is 9.84 Å². The number of unbranched alkanes of at least 4 members (excludes halogenated alkanes) is 4. The Morgan fingerprint density at radius 1 is 1.00 bits per heavy atom. The number of rotatable bonds is 9. The van der Waals surface area contributed by atoms with Crippen molar-refractivity contribution in [2.24, 2.45) is 0 Å². The molecule has 0 aliphatic heterocycles. The SMILES string of the molecule is CCCCCCc1ccc(OCCCC)cc1O. The van der Waals surface area contributed by atoms with Crippen molar-refractivity contribution in [3.05, 3.63) is 23.8 Å². The summed E-state index contributed by atoms with van der Waals surface area (Å²) in [4.78, 5) is 0. The van der Waals surface area contributed by atoms with Crippen molar-refractivity contribution >= 4 is 0 Å². The first-order valence-electron chi connectivity index (χ1n) is 7.22. The molecule has 2 nitrogen and oxygen atoms in total. The minimum atomic E-state index is 0.375. The number of hydrogen-bond acceptors (Lipinski definition) is 2. The van der Waals surface area contributed by atoms with Crippen LogP contribution in [0.25, 0.3) is 0 Å². The van der Waals surface area contributed by atoms with E-state index in [2.05, 4.69) is 13.8 Å². The molecule has 0 aliphatic rings. The first kappa shape index (κ1) is 14.9. The molecule has 1 N–H and O–H groups in total. The van der Waals surface area contributed by atoms with E-state index in [1.807, 2.05) is 12.1 Å². The summed E-state index contributed by atoms with van der Waals surface area (Å²) in [6.07, 6.45) is 8.05. The molecule has 0 aliphatic carbocycles. The van der Waals surface area contributed by atoms with Crippen LogP contribution in [0.4, 0.5) is 0 Å². The fourth-order valence-electron chi connectivity index (χ4n) is 1.92. The van der Waals surface area contributed by atoms with E-state index in [0.29, 0.717) is 5.75 Å². The Hall–Kier alpha value is -1.18. The number of hydrogen-bond donors (Lipinski definition) is 1. The second-order valence-corrected chi connectivity index (χ2v) is 4.80. The molecule has 18 heavy (non-hydrogen) atoms. The van der Waals surface area contributed by atoms with E-state index in [4.69, 9.17) is 4.74 Å². The third-order valence-electron chi connectivity index (χ3n) is 3.12. The summed E-state index contributed by atoms with van der Waals surface area (Å²) in [5, 5.41) is 9.92. The normalized spacial score (nSPS) is 10.6. The zero-order valence-electron chi connectivity index (χ0n) is 11.7. The van der Waals surface area contributed by atoms with Crippen molar-refractivity contribution in [1.29, 1.82) is 0 Å². The van der Waals surface area contributed by atoms with Crippen molar-refractivity contribution in [2.75, 3.05) is 6.61 Å².